The van der Waals surface area contributed by atoms with E-state index in [1.165, 1.54) is 71.3 Å². The number of aliphatic hydroxyl groups is 12. The highest BCUT2D eigenvalue weighted by molar-refractivity contribution is 7.99. The Kier molecular flexibility index (Phi) is 42.7. The van der Waals surface area contributed by atoms with E-state index in [-0.39, 0.29) is 95.4 Å². The number of aliphatic hydroxyl groups excluding tert-OH is 12. The number of alkyl halides is 4. The second kappa shape index (κ2) is 51.3. The van der Waals surface area contributed by atoms with Gasteiger partial charge in [0, 0.05) is 114 Å². The van der Waals surface area contributed by atoms with Gasteiger partial charge < -0.3 is 163 Å². The largest absolute Gasteiger partial charge is 0.388 e. The summed E-state index contributed by atoms with van der Waals surface area (Å²) in [4.78, 5) is 55.0. The van der Waals surface area contributed by atoms with Crippen LogP contribution in [0.15, 0.2) is 48.5 Å². The molecule has 10 unspecified atom stereocenters. The maximum atomic E-state index is 13.5. The number of benzene rings is 2. The third kappa shape index (κ3) is 27.7. The van der Waals surface area contributed by atoms with Crippen LogP contribution in [0.4, 0.5) is 8.78 Å². The van der Waals surface area contributed by atoms with Crippen LogP contribution in [-0.4, -0.2) is 426 Å². The highest BCUT2D eigenvalue weighted by atomic mass is 35.5. The number of thioether (sulfide) groups is 4. The van der Waals surface area contributed by atoms with Crippen molar-refractivity contribution in [2.75, 3.05) is 111 Å². The molecule has 2 aromatic rings. The maximum absolute atomic E-state index is 13.5. The molecule has 4 amide bonds. The third-order valence-electron chi connectivity index (χ3n) is 26.7. The van der Waals surface area contributed by atoms with Crippen molar-refractivity contribution in [3.8, 4) is 0 Å². The summed E-state index contributed by atoms with van der Waals surface area (Å²) in [5.74, 6) is -1.12. The highest BCUT2D eigenvalue weighted by Gasteiger charge is 2.56. The van der Waals surface area contributed by atoms with Gasteiger partial charge in [0.1, 0.15) is 155 Å². The molecule has 0 radical (unpaired) electrons. The van der Waals surface area contributed by atoms with Crippen LogP contribution in [0.2, 0.25) is 0 Å². The number of amides is 4. The van der Waals surface area contributed by atoms with Gasteiger partial charge in [-0.15, -0.1) is 93.5 Å². The Labute approximate surface area is 800 Å². The summed E-state index contributed by atoms with van der Waals surface area (Å²) in [6.45, 7) is 15.7. The van der Waals surface area contributed by atoms with Crippen molar-refractivity contribution < 1.29 is 127 Å². The molecule has 2 aromatic carbocycles. The van der Waals surface area contributed by atoms with Crippen molar-refractivity contribution in [1.29, 1.82) is 0 Å². The zero-order chi connectivity index (χ0) is 95.1. The minimum Gasteiger partial charge on any atom is -0.388 e. The average molecular weight is 2020 g/mol. The SMILES string of the molecule is CSC1O[C@H]([C@H](NC(=O)[C@H]2NC[C@@H]3CC(NCc4ccc(F)cc4)CCO[C@H]32)[C@H](C)Cl)C(O)[C@@H](O)[C@H]1O.CSC1O[C@H]([C@H](NC(=O)[C@H]2NC[C@@H]3CC(NCc4cccc(F)c4)CCO[C@H]32)[C@H](C)Cl)C(O)[C@@H](O)[C@H]1O.CSC1O[C@H]([C@H](NC(=O)[C@H]2NC[C@@H]3CN(C)CCO[C@H]32)[C@H](C)Cl)C(O)[C@@H](O)[C@H]1O.CSC1O[C@H]([C@H](NC(=O)[C@H]2NC[C@@H]3CNCCO[C@H]32)[C@H](C)Cl)C(O)[C@@H](O)[C@H]1O. The quantitative estimate of drug-likeness (QED) is 0.0410. The van der Waals surface area contributed by atoms with E-state index in [2.05, 4.69) is 63.4 Å². The van der Waals surface area contributed by atoms with Gasteiger partial charge in [0.05, 0.1) is 83.3 Å². The summed E-state index contributed by atoms with van der Waals surface area (Å²) < 4.78 is 74.0. The van der Waals surface area contributed by atoms with Crippen LogP contribution in [-0.2, 0) is 70.2 Å². The second-order valence-corrected chi connectivity index (χ2v) is 42.4. The molecule has 46 heteroatoms. The van der Waals surface area contributed by atoms with E-state index in [0.717, 1.165) is 63.0 Å². The van der Waals surface area contributed by atoms with Crippen LogP contribution in [0.3, 0.4) is 0 Å². The summed E-state index contributed by atoms with van der Waals surface area (Å²) in [5.41, 5.74) is -1.13. The first-order chi connectivity index (χ1) is 62.5. The van der Waals surface area contributed by atoms with Gasteiger partial charge in [0.25, 0.3) is 0 Å². The first kappa shape index (κ1) is 109. The third-order valence-corrected chi connectivity index (χ3v) is 31.2. The minimum absolute atomic E-state index is 0.101. The van der Waals surface area contributed by atoms with E-state index in [1.54, 1.807) is 70.9 Å². The van der Waals surface area contributed by atoms with E-state index in [1.807, 2.05) is 13.1 Å². The first-order valence-electron chi connectivity index (χ1n) is 44.9. The summed E-state index contributed by atoms with van der Waals surface area (Å²) in [6.07, 6.45) is -11.2. The summed E-state index contributed by atoms with van der Waals surface area (Å²) in [7, 11) is 2.04. The van der Waals surface area contributed by atoms with Crippen molar-refractivity contribution in [1.82, 2.24) is 63.4 Å². The molecule has 14 rings (SSSR count). The highest BCUT2D eigenvalue weighted by Crippen LogP contribution is 2.38. The van der Waals surface area contributed by atoms with Crippen LogP contribution in [0.5, 0.6) is 0 Å². The van der Waals surface area contributed by atoms with Crippen LogP contribution in [0.25, 0.3) is 0 Å². The monoisotopic (exact) mass is 2010 g/mol. The van der Waals surface area contributed by atoms with Gasteiger partial charge in [-0.25, -0.2) is 8.78 Å². The van der Waals surface area contributed by atoms with Crippen molar-refractivity contribution >= 4 is 117 Å². The predicted molar refractivity (Wildman–Crippen MR) is 493 cm³/mol. The molecule has 23 N–H and O–H groups in total. The second-order valence-electron chi connectivity index (χ2n) is 35.9. The number of ether oxygens (including phenoxy) is 8. The molecule has 0 aromatic heterocycles. The normalized spacial score (nSPS) is 40.3. The fourth-order valence-electron chi connectivity index (χ4n) is 19.3. The predicted octanol–water partition coefficient (Wildman–Crippen LogP) is -3.30. The van der Waals surface area contributed by atoms with Crippen molar-refractivity contribution in [3.05, 3.63) is 71.3 Å². The molecule has 0 saturated carbocycles. The molecule has 0 aliphatic carbocycles. The zero-order valence-electron chi connectivity index (χ0n) is 74.7. The number of halogens is 6. The Morgan fingerprint density at radius 3 is 1.11 bits per heavy atom. The van der Waals surface area contributed by atoms with E-state index in [4.69, 9.17) is 84.3 Å². The van der Waals surface area contributed by atoms with Crippen LogP contribution in [0, 0.1) is 35.3 Å². The number of likely N-dealkylation sites (N-methyl/N-ethyl adjacent to an activating group) is 1. The Morgan fingerprint density at radius 1 is 0.420 bits per heavy atom. The Balaban J connectivity index is 0.000000170. The molecule has 36 nitrogen and oxygen atoms in total. The molecule has 42 atom stereocenters. The lowest BCUT2D eigenvalue weighted by molar-refractivity contribution is -0.205. The Bertz CT molecular complexity index is 3870. The molecule has 12 saturated heterocycles. The smallest absolute Gasteiger partial charge is 0.240 e. The standard InChI is InChI=1S/2C25H37ClFN3O6S.C18H32ClN3O6S.C17H30ClN3O6S/c1-12(26)17(23-20(32)19(31)21(33)25(36-23)37-2)30-24(34)18-22-14(11-29-18)9-16(7-8-35-22)28-10-13-3-5-15(27)6-4-13;1-12(26)17(23-20(32)19(31)21(33)25(36-23)37-2)30-24(34)18-22-14(11-29-18)9-16(6-7-35-22)28-10-13-4-3-5-15(27)8-13;1-8(19)10(16-13(24)12(23)14(25)18(28-16)29-3)21-17(26)11-15-9(6-20-11)7-22(2)4-5-27-15;1-7(18)9(15-12(23)11(22)13(24)17(27-15)28-2)21-16(25)10-14-8(6-20-10)5-19-3-4-26-14/h3-6,12,14,16-23,25,28-29,31-33H,7-11H2,1-2H3,(H,30,34);3-5,8,12,14,16-23,25,28-29,31-33H,6-7,9-11H2,1-2H3,(H,30,34);8-16,18,20,23-25H,4-7H2,1-3H3,(H,21,26);7-15,17,19-20,22-24H,3-6H2,1-2H3,(H,21,25)/t2*12-,14-,16?,17+,18-,19+,20?,21+,22+,23+,25?;8-,9+,10+,11-,12+,13?,14+,15+,16+,18?;7-,8-,9+,10-,11+,12?,13+,14+,15+,17?/m0000/s1. The Hall–Kier alpha value is -2.38. The minimum atomic E-state index is -1.43. The molecule has 12 fully saturated rings. The fourth-order valence-corrected chi connectivity index (χ4v) is 22.9. The molecule has 12 heterocycles. The summed E-state index contributed by atoms with van der Waals surface area (Å²) in [6, 6.07) is 7.88. The van der Waals surface area contributed by atoms with E-state index < -0.39 is 189 Å². The number of nitrogens with zero attached hydrogens (tertiary/aromatic N) is 1. The van der Waals surface area contributed by atoms with E-state index in [0.29, 0.717) is 65.7 Å². The fraction of sp³-hybridized carbons (Fsp3) is 0.812. The van der Waals surface area contributed by atoms with Gasteiger partial charge in [-0.2, -0.15) is 0 Å². The van der Waals surface area contributed by atoms with Gasteiger partial charge in [0.15, 0.2) is 0 Å². The molecule has 0 spiro atoms. The van der Waals surface area contributed by atoms with E-state index >= 15 is 0 Å². The summed E-state index contributed by atoms with van der Waals surface area (Å²) in [5, 5.41) is 156. The van der Waals surface area contributed by atoms with Gasteiger partial charge in [-0.05, 0) is 121 Å². The lowest BCUT2D eigenvalue weighted by atomic mass is 9.92. The molecule has 746 valence electrons. The van der Waals surface area contributed by atoms with Gasteiger partial charge in [-0.3, -0.25) is 19.2 Å². The average Bonchev–Trinajstić information content (AvgIpc) is 1.65. The van der Waals surface area contributed by atoms with E-state index in [9.17, 15) is 89.2 Å². The summed E-state index contributed by atoms with van der Waals surface area (Å²) >= 11 is 30.3. The van der Waals surface area contributed by atoms with Crippen molar-refractivity contribution in [3.63, 3.8) is 0 Å². The zero-order valence-corrected chi connectivity index (χ0v) is 81.0. The van der Waals surface area contributed by atoms with Gasteiger partial charge in [-0.1, -0.05) is 24.3 Å². The molecule has 12 aliphatic rings. The van der Waals surface area contributed by atoms with Gasteiger partial charge in [0.2, 0.25) is 23.6 Å². The number of fused-ring (bicyclic) bond motifs is 4. The lowest BCUT2D eigenvalue weighted by Gasteiger charge is -2.44. The number of hydrogen-bond donors (Lipinski definition) is 23. The van der Waals surface area contributed by atoms with Crippen LogP contribution >= 0.6 is 93.5 Å². The number of carbonyl (C=O) groups excluding carboxylic acids is 4. The maximum Gasteiger partial charge on any atom is 0.240 e. The lowest BCUT2D eigenvalue weighted by Crippen LogP contribution is -2.65. The number of rotatable bonds is 26. The molecular formula is C85H136Cl4F2N12O24S4. The van der Waals surface area contributed by atoms with Crippen molar-refractivity contribution in [2.24, 2.45) is 23.7 Å². The van der Waals surface area contributed by atoms with Gasteiger partial charge >= 0.3 is 0 Å². The van der Waals surface area contributed by atoms with Crippen molar-refractivity contribution in [2.45, 2.75) is 292 Å². The first-order valence-corrected chi connectivity index (χ1v) is 51.8. The molecular weight excluding hydrogens is 1880 g/mol. The molecule has 131 heavy (non-hydrogen) atoms. The topological polar surface area (TPSA) is 520 Å². The van der Waals surface area contributed by atoms with Crippen LogP contribution < -0.4 is 58.5 Å². The number of hydrogen-bond acceptors (Lipinski definition) is 36. The number of carbonyl (C=O) groups is 4. The molecule has 12 aliphatic heterocycles. The Morgan fingerprint density at radius 2 is 0.748 bits per heavy atom. The number of nitrogens with one attached hydrogen (secondary N) is 11. The molecule has 0 bridgehead atoms. The van der Waals surface area contributed by atoms with Crippen LogP contribution in [0.1, 0.15) is 64.5 Å².